The molecule has 1 aromatic heterocycles. The molecule has 0 aromatic carbocycles. The van der Waals surface area contributed by atoms with Crippen molar-refractivity contribution in [3.05, 3.63) is 23.4 Å². The molecule has 0 bridgehead atoms. The van der Waals surface area contributed by atoms with Gasteiger partial charge in [-0.15, -0.1) is 0 Å². The van der Waals surface area contributed by atoms with Gasteiger partial charge in [-0.2, -0.15) is 5.26 Å². The van der Waals surface area contributed by atoms with Crippen molar-refractivity contribution >= 4 is 12.6 Å². The molecule has 1 rings (SSSR count). The lowest BCUT2D eigenvalue weighted by molar-refractivity contribution is 0.498. The second-order valence-corrected chi connectivity index (χ2v) is 2.61. The van der Waals surface area contributed by atoms with Crippen LogP contribution in [0.1, 0.15) is 11.1 Å². The van der Waals surface area contributed by atoms with Gasteiger partial charge in [0.1, 0.15) is 6.07 Å². The fourth-order valence-electron chi connectivity index (χ4n) is 0.989. The van der Waals surface area contributed by atoms with E-state index in [9.17, 15) is 12.9 Å². The molecule has 0 saturated heterocycles. The molecule has 0 aliphatic heterocycles. The Kier molecular flexibility index (Phi) is 2.28. The van der Waals surface area contributed by atoms with Crippen LogP contribution in [-0.2, 0) is 0 Å². The van der Waals surface area contributed by atoms with Crippen LogP contribution in [0.3, 0.4) is 0 Å². The number of hydrogen-bond donors (Lipinski definition) is 0. The fraction of sp³-hybridized carbons (Fsp3) is 0.143. The van der Waals surface area contributed by atoms with E-state index in [4.69, 9.17) is 5.26 Å². The normalized spacial score (nSPS) is 11.0. The molecule has 0 saturated carbocycles. The van der Waals surface area contributed by atoms with Crippen molar-refractivity contribution in [3.8, 4) is 6.07 Å². The van der Waals surface area contributed by atoms with Crippen LogP contribution in [0.2, 0.25) is 0 Å². The number of pyridine rings is 1. The number of nitrogens with zero attached hydrogens (tertiary/aromatic N) is 2. The molecule has 0 aliphatic carbocycles. The molecule has 68 valence electrons. The van der Waals surface area contributed by atoms with Crippen molar-refractivity contribution in [1.29, 1.82) is 5.26 Å². The van der Waals surface area contributed by atoms with Crippen LogP contribution in [-0.4, -0.2) is 12.0 Å². The zero-order valence-electron chi connectivity index (χ0n) is 6.76. The molecule has 1 aromatic rings. The predicted octanol–water partition coefficient (Wildman–Crippen LogP) is 1.32. The van der Waals surface area contributed by atoms with Gasteiger partial charge in [0.15, 0.2) is 0 Å². The van der Waals surface area contributed by atoms with Crippen molar-refractivity contribution in [1.82, 2.24) is 4.98 Å². The van der Waals surface area contributed by atoms with Gasteiger partial charge >= 0.3 is 6.98 Å². The van der Waals surface area contributed by atoms with E-state index in [1.807, 2.05) is 0 Å². The molecule has 0 radical (unpaired) electrons. The van der Waals surface area contributed by atoms with Gasteiger partial charge in [0, 0.05) is 6.20 Å². The zero-order valence-corrected chi connectivity index (χ0v) is 6.76. The molecule has 0 spiro atoms. The lowest BCUT2D eigenvalue weighted by Gasteiger charge is -2.15. The summed E-state index contributed by atoms with van der Waals surface area (Å²) in [5.41, 5.74) is -0.744. The second-order valence-electron chi connectivity index (χ2n) is 2.61. The standard InChI is InChI=1S/C7H5BF3N2/c1-5-2-6(3-12)4-13-7(5)8(9,10)11/h2,4H,1H3/q-1. The third kappa shape index (κ3) is 1.99. The summed E-state index contributed by atoms with van der Waals surface area (Å²) in [6, 6.07) is 2.90. The van der Waals surface area contributed by atoms with E-state index in [1.165, 1.54) is 13.0 Å². The Hall–Kier alpha value is -1.51. The van der Waals surface area contributed by atoms with E-state index >= 15 is 0 Å². The first-order chi connectivity index (χ1) is 5.95. The van der Waals surface area contributed by atoms with Crippen molar-refractivity contribution < 1.29 is 12.9 Å². The molecule has 0 aliphatic rings. The molecule has 6 heteroatoms. The van der Waals surface area contributed by atoms with Gasteiger partial charge in [-0.25, -0.2) is 0 Å². The van der Waals surface area contributed by atoms with E-state index in [1.54, 1.807) is 6.07 Å². The summed E-state index contributed by atoms with van der Waals surface area (Å²) in [6.45, 7) is -3.78. The fourth-order valence-corrected chi connectivity index (χ4v) is 0.989. The third-order valence-corrected chi connectivity index (χ3v) is 1.56. The number of halogens is 3. The molecular formula is C7H5BF3N2-. The number of hydrogen-bond acceptors (Lipinski definition) is 2. The Labute approximate surface area is 73.1 Å². The zero-order chi connectivity index (χ0) is 10.1. The highest BCUT2D eigenvalue weighted by molar-refractivity contribution is 6.73. The largest absolute Gasteiger partial charge is 0.527 e. The van der Waals surface area contributed by atoms with Gasteiger partial charge in [-0.05, 0) is 18.6 Å². The minimum atomic E-state index is -5.07. The maximum absolute atomic E-state index is 12.2. The first kappa shape index (κ1) is 9.58. The molecule has 0 fully saturated rings. The first-order valence-corrected chi connectivity index (χ1v) is 3.51. The Bertz CT molecular complexity index is 367. The molecule has 0 amide bonds. The second kappa shape index (κ2) is 3.09. The monoisotopic (exact) mass is 185 g/mol. The van der Waals surface area contributed by atoms with E-state index in [-0.39, 0.29) is 11.1 Å². The average Bonchev–Trinajstić information content (AvgIpc) is 2.01. The maximum Gasteiger partial charge on any atom is 0.527 e. The molecule has 0 N–H and O–H groups in total. The van der Waals surface area contributed by atoms with Crippen LogP contribution >= 0.6 is 0 Å². The van der Waals surface area contributed by atoms with Crippen LogP contribution in [0.4, 0.5) is 12.9 Å². The molecule has 1 heterocycles. The summed E-state index contributed by atoms with van der Waals surface area (Å²) in [5.74, 6) is 0. The maximum atomic E-state index is 12.2. The highest BCUT2D eigenvalue weighted by atomic mass is 19.4. The van der Waals surface area contributed by atoms with Crippen molar-refractivity contribution in [2.45, 2.75) is 6.92 Å². The Morgan fingerprint density at radius 2 is 2.08 bits per heavy atom. The van der Waals surface area contributed by atoms with Crippen molar-refractivity contribution in [2.24, 2.45) is 0 Å². The van der Waals surface area contributed by atoms with Gasteiger partial charge in [0.05, 0.1) is 5.56 Å². The van der Waals surface area contributed by atoms with Crippen LogP contribution in [0.5, 0.6) is 0 Å². The number of nitriles is 1. The van der Waals surface area contributed by atoms with Crippen LogP contribution < -0.4 is 5.59 Å². The summed E-state index contributed by atoms with van der Waals surface area (Å²) >= 11 is 0. The van der Waals surface area contributed by atoms with E-state index in [2.05, 4.69) is 4.98 Å². The smallest absolute Gasteiger partial charge is 0.444 e. The summed E-state index contributed by atoms with van der Waals surface area (Å²) in [6.07, 6.45) is 0.928. The summed E-state index contributed by atoms with van der Waals surface area (Å²) in [5, 5.41) is 8.39. The van der Waals surface area contributed by atoms with E-state index < -0.39 is 12.6 Å². The van der Waals surface area contributed by atoms with Crippen LogP contribution in [0.15, 0.2) is 12.3 Å². The Morgan fingerprint density at radius 3 is 2.46 bits per heavy atom. The number of rotatable bonds is 1. The minimum Gasteiger partial charge on any atom is -0.444 e. The highest BCUT2D eigenvalue weighted by Crippen LogP contribution is 2.10. The predicted molar refractivity (Wildman–Crippen MR) is 42.4 cm³/mol. The first-order valence-electron chi connectivity index (χ1n) is 3.51. The number of aromatic nitrogens is 1. The van der Waals surface area contributed by atoms with Gasteiger partial charge in [0.2, 0.25) is 0 Å². The lowest BCUT2D eigenvalue weighted by Crippen LogP contribution is -2.38. The molecule has 13 heavy (non-hydrogen) atoms. The van der Waals surface area contributed by atoms with Gasteiger partial charge < -0.3 is 12.9 Å². The molecular weight excluding hydrogens is 180 g/mol. The molecule has 0 atom stereocenters. The number of aryl methyl sites for hydroxylation is 1. The topological polar surface area (TPSA) is 36.7 Å². The van der Waals surface area contributed by atoms with Crippen molar-refractivity contribution in [3.63, 3.8) is 0 Å². The summed E-state index contributed by atoms with van der Waals surface area (Å²) in [7, 11) is 0. The third-order valence-electron chi connectivity index (χ3n) is 1.56. The average molecular weight is 185 g/mol. The molecule has 2 nitrogen and oxygen atoms in total. The van der Waals surface area contributed by atoms with Gasteiger partial charge in [-0.3, -0.25) is 4.98 Å². The van der Waals surface area contributed by atoms with Gasteiger partial charge in [-0.1, -0.05) is 5.56 Å². The SMILES string of the molecule is Cc1cc(C#N)cnc1[B-](F)(F)F. The Balaban J connectivity index is 3.23. The van der Waals surface area contributed by atoms with E-state index in [0.29, 0.717) is 0 Å². The van der Waals surface area contributed by atoms with Crippen LogP contribution in [0.25, 0.3) is 0 Å². The summed E-state index contributed by atoms with van der Waals surface area (Å²) < 4.78 is 36.6. The summed E-state index contributed by atoms with van der Waals surface area (Å²) in [4.78, 5) is 3.20. The minimum absolute atomic E-state index is 0.00782. The quantitative estimate of drug-likeness (QED) is 0.618. The van der Waals surface area contributed by atoms with Crippen LogP contribution in [0, 0.1) is 18.3 Å². The van der Waals surface area contributed by atoms with Crippen molar-refractivity contribution in [2.75, 3.05) is 0 Å². The lowest BCUT2D eigenvalue weighted by atomic mass is 9.82. The Morgan fingerprint density at radius 1 is 1.46 bits per heavy atom. The molecule has 0 unspecified atom stereocenters. The van der Waals surface area contributed by atoms with Gasteiger partial charge in [0.25, 0.3) is 0 Å². The highest BCUT2D eigenvalue weighted by Gasteiger charge is 2.29. The van der Waals surface area contributed by atoms with E-state index in [0.717, 1.165) is 6.20 Å².